The molecule has 1 amide bonds. The van der Waals surface area contributed by atoms with E-state index < -0.39 is 23.4 Å². The first-order valence-electron chi connectivity index (χ1n) is 8.37. The van der Waals surface area contributed by atoms with Gasteiger partial charge in [0.05, 0.1) is 5.69 Å². The first-order valence-corrected chi connectivity index (χ1v) is 9.25. The van der Waals surface area contributed by atoms with Crippen molar-refractivity contribution >= 4 is 22.9 Å². The first kappa shape index (κ1) is 18.9. The maximum atomic E-state index is 13.7. The second kappa shape index (κ2) is 7.51. The summed E-state index contributed by atoms with van der Waals surface area (Å²) in [7, 11) is 0. The molecule has 0 atom stereocenters. The molecule has 0 aliphatic carbocycles. The summed E-state index contributed by atoms with van der Waals surface area (Å²) in [6.45, 7) is 1.61. The fourth-order valence-corrected chi connectivity index (χ4v) is 3.34. The normalized spacial score (nSPS) is 10.9. The van der Waals surface area contributed by atoms with Crippen LogP contribution < -0.4 is 5.32 Å². The molecule has 29 heavy (non-hydrogen) atoms. The molecule has 0 saturated carbocycles. The van der Waals surface area contributed by atoms with E-state index in [1.54, 1.807) is 18.4 Å². The predicted molar refractivity (Wildman–Crippen MR) is 102 cm³/mol. The lowest BCUT2D eigenvalue weighted by molar-refractivity contribution is 0.102. The standard InChI is InChI=1S/C20H12F3N3O2S/c1-10-2-3-12(9-14(10)22)19(27)24-16-6-7-29-17(16)20-25-18(26-28-20)11-4-5-13(21)15(23)8-11/h2-9H,1H3,(H,24,27). The Morgan fingerprint density at radius 1 is 1.03 bits per heavy atom. The van der Waals surface area contributed by atoms with Gasteiger partial charge in [0.1, 0.15) is 10.7 Å². The number of aromatic nitrogens is 2. The van der Waals surface area contributed by atoms with Crippen LogP contribution >= 0.6 is 11.3 Å². The number of hydrogen-bond acceptors (Lipinski definition) is 5. The number of carbonyl (C=O) groups is 1. The Morgan fingerprint density at radius 3 is 2.62 bits per heavy atom. The lowest BCUT2D eigenvalue weighted by atomic mass is 10.1. The summed E-state index contributed by atoms with van der Waals surface area (Å²) >= 11 is 1.24. The number of hydrogen-bond donors (Lipinski definition) is 1. The van der Waals surface area contributed by atoms with E-state index in [9.17, 15) is 18.0 Å². The fourth-order valence-electron chi connectivity index (χ4n) is 2.57. The summed E-state index contributed by atoms with van der Waals surface area (Å²) in [5.74, 6) is -2.80. The highest BCUT2D eigenvalue weighted by atomic mass is 32.1. The molecule has 0 aliphatic rings. The van der Waals surface area contributed by atoms with E-state index in [0.29, 0.717) is 16.1 Å². The van der Waals surface area contributed by atoms with Crippen molar-refractivity contribution < 1.29 is 22.5 Å². The van der Waals surface area contributed by atoms with Crippen LogP contribution in [0, 0.1) is 24.4 Å². The van der Waals surface area contributed by atoms with Crippen molar-refractivity contribution in [1.82, 2.24) is 10.1 Å². The SMILES string of the molecule is Cc1ccc(C(=O)Nc2ccsc2-c2nc(-c3ccc(F)c(F)c3)no2)cc1F. The van der Waals surface area contributed by atoms with E-state index in [1.165, 1.54) is 29.5 Å². The topological polar surface area (TPSA) is 68.0 Å². The van der Waals surface area contributed by atoms with Gasteiger partial charge in [0, 0.05) is 11.1 Å². The van der Waals surface area contributed by atoms with E-state index in [2.05, 4.69) is 15.5 Å². The zero-order valence-electron chi connectivity index (χ0n) is 14.9. The van der Waals surface area contributed by atoms with Gasteiger partial charge in [-0.05, 0) is 54.3 Å². The van der Waals surface area contributed by atoms with Gasteiger partial charge in [-0.15, -0.1) is 11.3 Å². The predicted octanol–water partition coefficient (Wildman–Crippen LogP) is 5.44. The van der Waals surface area contributed by atoms with Crippen molar-refractivity contribution in [3.63, 3.8) is 0 Å². The second-order valence-corrected chi connectivity index (χ2v) is 7.05. The molecule has 0 saturated heterocycles. The minimum absolute atomic E-state index is 0.0742. The van der Waals surface area contributed by atoms with Gasteiger partial charge in [-0.1, -0.05) is 11.2 Å². The number of benzene rings is 2. The molecule has 0 unspecified atom stereocenters. The molecule has 146 valence electrons. The van der Waals surface area contributed by atoms with E-state index in [-0.39, 0.29) is 22.8 Å². The van der Waals surface area contributed by atoms with Gasteiger partial charge in [-0.3, -0.25) is 4.79 Å². The quantitative estimate of drug-likeness (QED) is 0.482. The van der Waals surface area contributed by atoms with Crippen LogP contribution in [0.3, 0.4) is 0 Å². The van der Waals surface area contributed by atoms with Crippen molar-refractivity contribution in [3.8, 4) is 22.2 Å². The number of anilines is 1. The van der Waals surface area contributed by atoms with Crippen molar-refractivity contribution in [2.75, 3.05) is 5.32 Å². The van der Waals surface area contributed by atoms with Crippen LogP contribution in [0.1, 0.15) is 15.9 Å². The highest BCUT2D eigenvalue weighted by Gasteiger charge is 2.19. The molecular formula is C20H12F3N3O2S. The van der Waals surface area contributed by atoms with Crippen LogP contribution in [0.4, 0.5) is 18.9 Å². The van der Waals surface area contributed by atoms with E-state index in [0.717, 1.165) is 18.2 Å². The van der Waals surface area contributed by atoms with Crippen LogP contribution in [-0.4, -0.2) is 16.0 Å². The number of rotatable bonds is 4. The Bertz CT molecular complexity index is 1220. The van der Waals surface area contributed by atoms with E-state index in [4.69, 9.17) is 4.52 Å². The third-order valence-corrected chi connectivity index (χ3v) is 5.05. The summed E-state index contributed by atoms with van der Waals surface area (Å²) in [5, 5.41) is 8.18. The van der Waals surface area contributed by atoms with Gasteiger partial charge in [0.25, 0.3) is 11.8 Å². The van der Waals surface area contributed by atoms with Crippen LogP contribution in [0.15, 0.2) is 52.4 Å². The fraction of sp³-hybridized carbons (Fsp3) is 0.0500. The zero-order valence-corrected chi connectivity index (χ0v) is 15.7. The van der Waals surface area contributed by atoms with Crippen molar-refractivity contribution in [2.45, 2.75) is 6.92 Å². The Morgan fingerprint density at radius 2 is 1.86 bits per heavy atom. The molecule has 2 aromatic carbocycles. The summed E-state index contributed by atoms with van der Waals surface area (Å²) in [4.78, 5) is 17.1. The van der Waals surface area contributed by atoms with E-state index in [1.807, 2.05) is 0 Å². The smallest absolute Gasteiger partial charge is 0.270 e. The third-order valence-electron chi connectivity index (χ3n) is 4.15. The average molecular weight is 415 g/mol. The molecule has 0 fully saturated rings. The number of nitrogens with one attached hydrogen (secondary N) is 1. The average Bonchev–Trinajstić information content (AvgIpc) is 3.35. The van der Waals surface area contributed by atoms with Crippen molar-refractivity contribution in [1.29, 1.82) is 0 Å². The molecule has 0 spiro atoms. The summed E-state index contributed by atoms with van der Waals surface area (Å²) in [6, 6.07) is 9.11. The molecule has 2 heterocycles. The summed E-state index contributed by atoms with van der Waals surface area (Å²) in [6.07, 6.45) is 0. The summed E-state index contributed by atoms with van der Waals surface area (Å²) < 4.78 is 45.5. The van der Waals surface area contributed by atoms with Gasteiger partial charge in [0.2, 0.25) is 5.82 Å². The molecule has 4 rings (SSSR count). The molecular weight excluding hydrogens is 403 g/mol. The molecule has 5 nitrogen and oxygen atoms in total. The Labute approximate surface area is 166 Å². The van der Waals surface area contributed by atoms with Crippen LogP contribution in [0.2, 0.25) is 0 Å². The first-order chi connectivity index (χ1) is 13.9. The number of nitrogens with zero attached hydrogens (tertiary/aromatic N) is 2. The molecule has 4 aromatic rings. The van der Waals surface area contributed by atoms with Gasteiger partial charge >= 0.3 is 0 Å². The molecule has 2 aromatic heterocycles. The van der Waals surface area contributed by atoms with Gasteiger partial charge in [0.15, 0.2) is 11.6 Å². The van der Waals surface area contributed by atoms with Gasteiger partial charge in [-0.2, -0.15) is 4.98 Å². The molecule has 0 radical (unpaired) electrons. The van der Waals surface area contributed by atoms with Crippen molar-refractivity contribution in [3.05, 3.63) is 76.4 Å². The van der Waals surface area contributed by atoms with E-state index >= 15 is 0 Å². The number of halogens is 3. The largest absolute Gasteiger partial charge is 0.333 e. The minimum Gasteiger partial charge on any atom is -0.333 e. The van der Waals surface area contributed by atoms with Crippen LogP contribution in [-0.2, 0) is 0 Å². The highest BCUT2D eigenvalue weighted by molar-refractivity contribution is 7.14. The molecule has 9 heteroatoms. The maximum absolute atomic E-state index is 13.7. The number of carbonyl (C=O) groups excluding carboxylic acids is 1. The molecule has 1 N–H and O–H groups in total. The Hall–Kier alpha value is -3.46. The monoisotopic (exact) mass is 415 g/mol. The Balaban J connectivity index is 1.59. The van der Waals surface area contributed by atoms with Crippen LogP contribution in [0.5, 0.6) is 0 Å². The summed E-state index contributed by atoms with van der Waals surface area (Å²) in [5.41, 5.74) is 1.25. The lowest BCUT2D eigenvalue weighted by Gasteiger charge is -2.05. The Kier molecular flexibility index (Phi) is 4.89. The number of thiophene rings is 1. The second-order valence-electron chi connectivity index (χ2n) is 6.13. The van der Waals surface area contributed by atoms with Crippen LogP contribution in [0.25, 0.3) is 22.2 Å². The maximum Gasteiger partial charge on any atom is 0.270 e. The van der Waals surface area contributed by atoms with Gasteiger partial charge in [-0.25, -0.2) is 13.2 Å². The lowest BCUT2D eigenvalue weighted by Crippen LogP contribution is -2.12. The number of amides is 1. The van der Waals surface area contributed by atoms with Crippen molar-refractivity contribution in [2.24, 2.45) is 0 Å². The van der Waals surface area contributed by atoms with Gasteiger partial charge < -0.3 is 9.84 Å². The minimum atomic E-state index is -1.02. The molecule has 0 bridgehead atoms. The number of aryl methyl sites for hydroxylation is 1. The highest BCUT2D eigenvalue weighted by Crippen LogP contribution is 2.34. The zero-order chi connectivity index (χ0) is 20.5. The third kappa shape index (κ3) is 3.77. The molecule has 0 aliphatic heterocycles.